The minimum atomic E-state index is -0.926. The van der Waals surface area contributed by atoms with Gasteiger partial charge in [0.05, 0.1) is 24.2 Å². The van der Waals surface area contributed by atoms with Gasteiger partial charge in [0, 0.05) is 23.7 Å². The highest BCUT2D eigenvalue weighted by molar-refractivity contribution is 6.05. The van der Waals surface area contributed by atoms with E-state index < -0.39 is 5.97 Å². The summed E-state index contributed by atoms with van der Waals surface area (Å²) in [6.07, 6.45) is -0.258. The number of para-hydroxylation sites is 2. The molecule has 0 amide bonds. The number of hydrogen-bond acceptors (Lipinski definition) is 5. The van der Waals surface area contributed by atoms with E-state index in [2.05, 4.69) is 4.90 Å². The summed E-state index contributed by atoms with van der Waals surface area (Å²) in [5, 5.41) is 10.2. The molecule has 1 N–H and O–H groups in total. The van der Waals surface area contributed by atoms with Crippen molar-refractivity contribution in [2.75, 3.05) is 25.1 Å². The number of ether oxygens (including phenoxy) is 2. The first-order valence-electron chi connectivity index (χ1n) is 12.3. The largest absolute Gasteiger partial charge is 0.489 e. The van der Waals surface area contributed by atoms with Gasteiger partial charge in [0.1, 0.15) is 24.2 Å². The van der Waals surface area contributed by atoms with Crippen LogP contribution in [0.4, 0.5) is 5.69 Å². The molecule has 0 saturated heterocycles. The minimum Gasteiger partial charge on any atom is -0.489 e. The van der Waals surface area contributed by atoms with Gasteiger partial charge in [-0.2, -0.15) is 0 Å². The highest BCUT2D eigenvalue weighted by atomic mass is 16.5. The number of aromatic nitrogens is 1. The van der Waals surface area contributed by atoms with Crippen LogP contribution in [0.25, 0.3) is 10.9 Å². The number of carbonyl (C=O) groups is 2. The van der Waals surface area contributed by atoms with E-state index in [9.17, 15) is 14.7 Å². The molecule has 37 heavy (non-hydrogen) atoms. The molecule has 1 aliphatic heterocycles. The first kappa shape index (κ1) is 24.4. The van der Waals surface area contributed by atoms with Crippen LogP contribution in [0.15, 0.2) is 60.7 Å². The smallest absolute Gasteiger partial charge is 0.307 e. The number of carboxylic acids is 1. The summed E-state index contributed by atoms with van der Waals surface area (Å²) in [4.78, 5) is 27.3. The molecule has 5 rings (SSSR count). The number of carbonyl (C=O) groups excluding carboxylic acids is 1. The number of nitrogens with zero attached hydrogens (tertiary/aromatic N) is 2. The van der Waals surface area contributed by atoms with Gasteiger partial charge in [0.25, 0.3) is 5.91 Å². The SMILES string of the molecule is Cc1ccc2c(c1)c(CC(=O)O)c(C)n2C(=O)c1ccc(OC[C@@H]2CN(C)c3ccccc3O2)c(C)c1. The van der Waals surface area contributed by atoms with Gasteiger partial charge in [-0.05, 0) is 74.4 Å². The molecule has 1 aliphatic rings. The molecule has 0 bridgehead atoms. The fourth-order valence-electron chi connectivity index (χ4n) is 5.07. The Balaban J connectivity index is 1.37. The topological polar surface area (TPSA) is 81.0 Å². The number of rotatable bonds is 6. The molecule has 1 atom stereocenters. The number of fused-ring (bicyclic) bond motifs is 2. The Labute approximate surface area is 215 Å². The number of aryl methyl sites for hydroxylation is 2. The van der Waals surface area contributed by atoms with Crippen molar-refractivity contribution in [3.63, 3.8) is 0 Å². The predicted molar refractivity (Wildman–Crippen MR) is 143 cm³/mol. The van der Waals surface area contributed by atoms with Crippen molar-refractivity contribution in [1.29, 1.82) is 0 Å². The molecular weight excluding hydrogens is 468 g/mol. The van der Waals surface area contributed by atoms with Crippen molar-refractivity contribution in [3.05, 3.63) is 88.6 Å². The van der Waals surface area contributed by atoms with E-state index in [1.807, 2.05) is 75.5 Å². The monoisotopic (exact) mass is 498 g/mol. The lowest BCUT2D eigenvalue weighted by Crippen LogP contribution is -2.41. The molecule has 190 valence electrons. The lowest BCUT2D eigenvalue weighted by Gasteiger charge is -2.33. The highest BCUT2D eigenvalue weighted by Gasteiger charge is 2.25. The molecule has 2 heterocycles. The van der Waals surface area contributed by atoms with E-state index in [1.165, 1.54) is 0 Å². The lowest BCUT2D eigenvalue weighted by atomic mass is 10.1. The zero-order valence-corrected chi connectivity index (χ0v) is 21.4. The summed E-state index contributed by atoms with van der Waals surface area (Å²) < 4.78 is 13.8. The van der Waals surface area contributed by atoms with Crippen molar-refractivity contribution >= 4 is 28.5 Å². The van der Waals surface area contributed by atoms with E-state index in [0.29, 0.717) is 41.2 Å². The summed E-state index contributed by atoms with van der Waals surface area (Å²) in [6.45, 7) is 6.76. The minimum absolute atomic E-state index is 0.120. The summed E-state index contributed by atoms with van der Waals surface area (Å²) in [7, 11) is 2.04. The second kappa shape index (κ2) is 9.65. The normalized spacial score (nSPS) is 14.8. The zero-order chi connectivity index (χ0) is 26.3. The van der Waals surface area contributed by atoms with Crippen LogP contribution < -0.4 is 14.4 Å². The molecule has 0 aliphatic carbocycles. The molecular formula is C30H30N2O5. The Kier molecular flexibility index (Phi) is 6.38. The van der Waals surface area contributed by atoms with E-state index in [0.717, 1.165) is 28.0 Å². The van der Waals surface area contributed by atoms with Crippen LogP contribution in [0, 0.1) is 20.8 Å². The summed E-state index contributed by atoms with van der Waals surface area (Å²) in [5.74, 6) is 0.406. The molecule has 7 nitrogen and oxygen atoms in total. The van der Waals surface area contributed by atoms with E-state index in [4.69, 9.17) is 9.47 Å². The van der Waals surface area contributed by atoms with Crippen molar-refractivity contribution in [3.8, 4) is 11.5 Å². The zero-order valence-electron chi connectivity index (χ0n) is 21.4. The van der Waals surface area contributed by atoms with E-state index in [1.54, 1.807) is 17.6 Å². The van der Waals surface area contributed by atoms with Crippen molar-refractivity contribution in [2.24, 2.45) is 0 Å². The van der Waals surface area contributed by atoms with Gasteiger partial charge in [-0.15, -0.1) is 0 Å². The highest BCUT2D eigenvalue weighted by Crippen LogP contribution is 2.33. The number of anilines is 1. The second-order valence-electron chi connectivity index (χ2n) is 9.68. The van der Waals surface area contributed by atoms with Crippen molar-refractivity contribution in [1.82, 2.24) is 4.57 Å². The third kappa shape index (κ3) is 4.65. The standard InChI is InChI=1S/C30H30N2O5/c1-18-9-11-25-24(13-18)23(15-29(33)34)20(3)32(25)30(35)21-10-12-27(19(2)14-21)36-17-22-16-31(4)26-7-5-6-8-28(26)37-22/h5-14,22H,15-17H2,1-4H3,(H,33,34)/t22-/m0/s1. The molecule has 0 spiro atoms. The number of aliphatic carboxylic acids is 1. The predicted octanol–water partition coefficient (Wildman–Crippen LogP) is 5.16. The molecule has 4 aromatic rings. The van der Waals surface area contributed by atoms with E-state index >= 15 is 0 Å². The molecule has 0 saturated carbocycles. The van der Waals surface area contributed by atoms with Gasteiger partial charge in [0.15, 0.2) is 0 Å². The Morgan fingerprint density at radius 3 is 2.59 bits per heavy atom. The summed E-state index contributed by atoms with van der Waals surface area (Å²) in [6, 6.07) is 19.1. The van der Waals surface area contributed by atoms with Gasteiger partial charge in [-0.1, -0.05) is 23.8 Å². The number of likely N-dealkylation sites (N-methyl/N-ethyl adjacent to an activating group) is 1. The van der Waals surface area contributed by atoms with Gasteiger partial charge < -0.3 is 19.5 Å². The van der Waals surface area contributed by atoms with Crippen LogP contribution in [0.5, 0.6) is 11.5 Å². The maximum atomic E-state index is 13.6. The van der Waals surface area contributed by atoms with Crippen LogP contribution in [0.1, 0.15) is 32.7 Å². The lowest BCUT2D eigenvalue weighted by molar-refractivity contribution is -0.136. The number of hydrogen-bond donors (Lipinski definition) is 1. The third-order valence-electron chi connectivity index (χ3n) is 6.92. The van der Waals surface area contributed by atoms with Crippen LogP contribution in [-0.4, -0.2) is 47.9 Å². The third-order valence-corrected chi connectivity index (χ3v) is 6.92. The summed E-state index contributed by atoms with van der Waals surface area (Å²) in [5.41, 5.74) is 5.44. The van der Waals surface area contributed by atoms with Crippen LogP contribution in [0.2, 0.25) is 0 Å². The Hall–Kier alpha value is -4.26. The maximum Gasteiger partial charge on any atom is 0.307 e. The number of carboxylic acid groups (broad SMARTS) is 1. The van der Waals surface area contributed by atoms with Gasteiger partial charge >= 0.3 is 5.97 Å². The number of benzene rings is 3. The molecule has 0 fully saturated rings. The van der Waals surface area contributed by atoms with Crippen molar-refractivity contribution < 1.29 is 24.2 Å². The molecule has 1 aromatic heterocycles. The van der Waals surface area contributed by atoms with Gasteiger partial charge in [-0.25, -0.2) is 0 Å². The van der Waals surface area contributed by atoms with E-state index in [-0.39, 0.29) is 18.4 Å². The van der Waals surface area contributed by atoms with Crippen molar-refractivity contribution in [2.45, 2.75) is 33.3 Å². The Morgan fingerprint density at radius 2 is 1.84 bits per heavy atom. The van der Waals surface area contributed by atoms with Gasteiger partial charge in [0.2, 0.25) is 0 Å². The second-order valence-corrected chi connectivity index (χ2v) is 9.68. The average molecular weight is 499 g/mol. The first-order chi connectivity index (χ1) is 17.7. The quantitative estimate of drug-likeness (QED) is 0.396. The molecule has 3 aromatic carbocycles. The van der Waals surface area contributed by atoms with Crippen LogP contribution in [-0.2, 0) is 11.2 Å². The Morgan fingerprint density at radius 1 is 1.05 bits per heavy atom. The summed E-state index contributed by atoms with van der Waals surface area (Å²) >= 11 is 0. The fourth-order valence-corrected chi connectivity index (χ4v) is 5.07. The average Bonchev–Trinajstić information content (AvgIpc) is 3.12. The first-order valence-corrected chi connectivity index (χ1v) is 12.3. The maximum absolute atomic E-state index is 13.6. The van der Waals surface area contributed by atoms with Crippen LogP contribution in [0.3, 0.4) is 0 Å². The molecule has 0 radical (unpaired) electrons. The van der Waals surface area contributed by atoms with Gasteiger partial charge in [-0.3, -0.25) is 14.2 Å². The van der Waals surface area contributed by atoms with Crippen LogP contribution >= 0.6 is 0 Å². The molecule has 7 heteroatoms. The molecule has 0 unspecified atom stereocenters. The fraction of sp³-hybridized carbons (Fsp3) is 0.267. The Bertz CT molecular complexity index is 1520.